The number of rotatable bonds is 2. The zero-order chi connectivity index (χ0) is 10.6. The molecule has 0 radical (unpaired) electrons. The second-order valence-corrected chi connectivity index (χ2v) is 3.71. The van der Waals surface area contributed by atoms with Gasteiger partial charge in [0.2, 0.25) is 0 Å². The van der Waals surface area contributed by atoms with E-state index in [0.29, 0.717) is 0 Å². The van der Waals surface area contributed by atoms with Gasteiger partial charge in [-0.3, -0.25) is 4.79 Å². The number of carboxylic acid groups (broad SMARTS) is 1. The highest BCUT2D eigenvalue weighted by Gasteiger charge is 2.20. The van der Waals surface area contributed by atoms with Gasteiger partial charge in [-0.15, -0.1) is 0 Å². The first-order valence-electron chi connectivity index (χ1n) is 3.94. The maximum Gasteiger partial charge on any atom is 0.408 e. The van der Waals surface area contributed by atoms with Crippen molar-refractivity contribution in [2.75, 3.05) is 0 Å². The SMILES string of the molecule is CC(C)(C)OC(=O)N[C@@H]([13CH3])C(=O)O. The van der Waals surface area contributed by atoms with Crippen molar-refractivity contribution in [2.24, 2.45) is 0 Å². The van der Waals surface area contributed by atoms with Crippen LogP contribution >= 0.6 is 0 Å². The van der Waals surface area contributed by atoms with Gasteiger partial charge in [0.15, 0.2) is 0 Å². The quantitative estimate of drug-likeness (QED) is 0.636. The molecular weight excluding hydrogens is 175 g/mol. The fourth-order valence-electron chi connectivity index (χ4n) is 0.546. The minimum Gasteiger partial charge on any atom is -0.480 e. The minimum atomic E-state index is -1.09. The van der Waals surface area contributed by atoms with Crippen molar-refractivity contribution in [3.63, 3.8) is 0 Å². The van der Waals surface area contributed by atoms with Crippen molar-refractivity contribution < 1.29 is 19.4 Å². The maximum atomic E-state index is 11.0. The van der Waals surface area contributed by atoms with Crippen molar-refractivity contribution in [1.82, 2.24) is 5.32 Å². The van der Waals surface area contributed by atoms with Gasteiger partial charge in [-0.2, -0.15) is 0 Å². The Morgan fingerprint density at radius 2 is 1.85 bits per heavy atom. The van der Waals surface area contributed by atoms with E-state index in [9.17, 15) is 9.59 Å². The Morgan fingerprint density at radius 3 is 2.15 bits per heavy atom. The number of nitrogens with one attached hydrogen (secondary N) is 1. The lowest BCUT2D eigenvalue weighted by molar-refractivity contribution is -0.139. The number of ether oxygens (including phenoxy) is 1. The predicted octanol–water partition coefficient (Wildman–Crippen LogP) is 0.984. The van der Waals surface area contributed by atoms with Gasteiger partial charge >= 0.3 is 12.1 Å². The van der Waals surface area contributed by atoms with E-state index in [2.05, 4.69) is 5.32 Å². The lowest BCUT2D eigenvalue weighted by Crippen LogP contribution is -2.41. The van der Waals surface area contributed by atoms with Crippen LogP contribution in [0.2, 0.25) is 0 Å². The zero-order valence-corrected chi connectivity index (χ0v) is 8.25. The van der Waals surface area contributed by atoms with Crippen LogP contribution in [0.4, 0.5) is 4.79 Å². The lowest BCUT2D eigenvalue weighted by Gasteiger charge is -2.20. The molecule has 0 aromatic heterocycles. The molecule has 0 saturated carbocycles. The van der Waals surface area contributed by atoms with Gasteiger partial charge in [0.05, 0.1) is 0 Å². The standard InChI is InChI=1S/C8H15NO4/c1-5(6(10)11)9-7(12)13-8(2,3)4/h5H,1-4H3,(H,9,12)(H,10,11)/t5-/m0/s1/i1+1. The van der Waals surface area contributed by atoms with Crippen molar-refractivity contribution in [1.29, 1.82) is 0 Å². The van der Waals surface area contributed by atoms with Gasteiger partial charge in [-0.25, -0.2) is 4.79 Å². The van der Waals surface area contributed by atoms with Crippen molar-refractivity contribution in [3.05, 3.63) is 0 Å². The smallest absolute Gasteiger partial charge is 0.408 e. The Bertz CT molecular complexity index is 207. The van der Waals surface area contributed by atoms with E-state index >= 15 is 0 Å². The molecule has 76 valence electrons. The second kappa shape index (κ2) is 4.11. The molecule has 0 fully saturated rings. The summed E-state index contributed by atoms with van der Waals surface area (Å²) >= 11 is 0. The molecule has 0 unspecified atom stereocenters. The summed E-state index contributed by atoms with van der Waals surface area (Å²) in [5.74, 6) is -1.09. The van der Waals surface area contributed by atoms with E-state index in [1.54, 1.807) is 20.8 Å². The van der Waals surface area contributed by atoms with Crippen molar-refractivity contribution in [2.45, 2.75) is 39.3 Å². The van der Waals surface area contributed by atoms with Gasteiger partial charge in [-0.05, 0) is 27.7 Å². The van der Waals surface area contributed by atoms with Crippen LogP contribution in [0.15, 0.2) is 0 Å². The van der Waals surface area contributed by atoms with Crippen LogP contribution in [0.3, 0.4) is 0 Å². The number of hydrogen-bond acceptors (Lipinski definition) is 3. The molecule has 5 heteroatoms. The van der Waals surface area contributed by atoms with E-state index in [0.717, 1.165) is 0 Å². The summed E-state index contributed by atoms with van der Waals surface area (Å²) in [5, 5.41) is 10.6. The van der Waals surface area contributed by atoms with Gasteiger partial charge < -0.3 is 15.2 Å². The number of amides is 1. The summed E-state index contributed by atoms with van der Waals surface area (Å²) in [6.07, 6.45) is -0.720. The summed E-state index contributed by atoms with van der Waals surface area (Å²) in [7, 11) is 0. The average molecular weight is 190 g/mol. The molecule has 0 aliphatic heterocycles. The van der Waals surface area contributed by atoms with E-state index in [-0.39, 0.29) is 0 Å². The largest absolute Gasteiger partial charge is 0.480 e. The molecule has 0 bridgehead atoms. The molecule has 0 aromatic carbocycles. The molecule has 0 heterocycles. The molecule has 1 atom stereocenters. The van der Waals surface area contributed by atoms with Crippen LogP contribution in [-0.4, -0.2) is 28.8 Å². The molecule has 0 aromatic rings. The first kappa shape index (κ1) is 11.7. The van der Waals surface area contributed by atoms with Gasteiger partial charge in [0, 0.05) is 0 Å². The first-order chi connectivity index (χ1) is 5.72. The molecular formula is C8H15NO4. The van der Waals surface area contributed by atoms with Crippen LogP contribution in [0.1, 0.15) is 27.7 Å². The molecule has 0 saturated heterocycles. The zero-order valence-electron chi connectivity index (χ0n) is 8.25. The van der Waals surface area contributed by atoms with Crippen LogP contribution < -0.4 is 5.32 Å². The number of carbonyl (C=O) groups is 2. The Hall–Kier alpha value is -1.26. The third-order valence-electron chi connectivity index (χ3n) is 1.10. The van der Waals surface area contributed by atoms with Crippen LogP contribution in [0, 0.1) is 0 Å². The molecule has 13 heavy (non-hydrogen) atoms. The molecule has 0 rings (SSSR count). The Morgan fingerprint density at radius 1 is 1.38 bits per heavy atom. The molecule has 0 aliphatic rings. The van der Waals surface area contributed by atoms with E-state index in [1.165, 1.54) is 6.92 Å². The number of hydrogen-bond donors (Lipinski definition) is 2. The van der Waals surface area contributed by atoms with Gasteiger partial charge in [0.1, 0.15) is 11.6 Å². The molecule has 1 amide bonds. The fourth-order valence-corrected chi connectivity index (χ4v) is 0.546. The van der Waals surface area contributed by atoms with Gasteiger partial charge in [0.25, 0.3) is 0 Å². The predicted molar refractivity (Wildman–Crippen MR) is 46.5 cm³/mol. The number of carboxylic acids is 1. The fraction of sp³-hybridized carbons (Fsp3) is 0.750. The van der Waals surface area contributed by atoms with Crippen molar-refractivity contribution in [3.8, 4) is 0 Å². The highest BCUT2D eigenvalue weighted by molar-refractivity contribution is 5.79. The third kappa shape index (κ3) is 5.95. The summed E-state index contributed by atoms with van der Waals surface area (Å²) in [5.41, 5.74) is -0.609. The first-order valence-corrected chi connectivity index (χ1v) is 3.94. The highest BCUT2D eigenvalue weighted by atomic mass is 16.6. The number of alkyl carbamates (subject to hydrolysis) is 1. The number of carbonyl (C=O) groups excluding carboxylic acids is 1. The Kier molecular flexibility index (Phi) is 3.71. The summed E-state index contributed by atoms with van der Waals surface area (Å²) in [6, 6.07) is -0.935. The third-order valence-corrected chi connectivity index (χ3v) is 1.10. The Labute approximate surface area is 77.1 Å². The van der Waals surface area contributed by atoms with E-state index in [4.69, 9.17) is 9.84 Å². The monoisotopic (exact) mass is 190 g/mol. The lowest BCUT2D eigenvalue weighted by atomic mass is 10.2. The summed E-state index contributed by atoms with van der Waals surface area (Å²) in [4.78, 5) is 21.3. The molecule has 0 spiro atoms. The highest BCUT2D eigenvalue weighted by Crippen LogP contribution is 2.06. The maximum absolute atomic E-state index is 11.0. The van der Waals surface area contributed by atoms with Crippen LogP contribution in [0.5, 0.6) is 0 Å². The summed E-state index contributed by atoms with van der Waals surface area (Å²) < 4.78 is 4.85. The molecule has 2 N–H and O–H groups in total. The summed E-state index contributed by atoms with van der Waals surface area (Å²) in [6.45, 7) is 6.49. The van der Waals surface area contributed by atoms with Crippen molar-refractivity contribution >= 4 is 12.1 Å². The van der Waals surface area contributed by atoms with Crippen LogP contribution in [0.25, 0.3) is 0 Å². The average Bonchev–Trinajstić information content (AvgIpc) is 1.81. The second-order valence-electron chi connectivity index (χ2n) is 3.71. The Balaban J connectivity index is 3.96. The van der Waals surface area contributed by atoms with E-state index < -0.39 is 23.7 Å². The van der Waals surface area contributed by atoms with E-state index in [1.807, 2.05) is 0 Å². The minimum absolute atomic E-state index is 0.609. The molecule has 5 nitrogen and oxygen atoms in total. The topological polar surface area (TPSA) is 75.6 Å². The van der Waals surface area contributed by atoms with Gasteiger partial charge in [-0.1, -0.05) is 0 Å². The molecule has 0 aliphatic carbocycles. The normalized spacial score (nSPS) is 13.2. The van der Waals surface area contributed by atoms with Crippen LogP contribution in [-0.2, 0) is 9.53 Å². The number of aliphatic carboxylic acids is 1.